The summed E-state index contributed by atoms with van der Waals surface area (Å²) in [5.74, 6) is 5.84. The normalized spacial score (nSPS) is 9.88. The van der Waals surface area contributed by atoms with Crippen LogP contribution in [0.3, 0.4) is 0 Å². The van der Waals surface area contributed by atoms with Crippen LogP contribution in [0.5, 0.6) is 0 Å². The van der Waals surface area contributed by atoms with Crippen molar-refractivity contribution in [2.45, 2.75) is 57.8 Å². The molecule has 0 aliphatic carbocycles. The first-order valence-corrected chi connectivity index (χ1v) is 6.57. The Morgan fingerprint density at radius 1 is 0.882 bits per heavy atom. The van der Waals surface area contributed by atoms with E-state index in [9.17, 15) is 4.79 Å². The fourth-order valence-electron chi connectivity index (χ4n) is 1.48. The molecule has 0 N–H and O–H groups in total. The maximum absolute atomic E-state index is 9.99. The van der Waals surface area contributed by atoms with E-state index in [2.05, 4.69) is 30.6 Å². The molecule has 0 bridgehead atoms. The van der Waals surface area contributed by atoms with Crippen molar-refractivity contribution < 1.29 is 4.79 Å². The Morgan fingerprint density at radius 2 is 1.65 bits per heavy atom. The fraction of sp³-hybridized carbons (Fsp3) is 0.562. The third-order valence-electron chi connectivity index (χ3n) is 2.44. The quantitative estimate of drug-likeness (QED) is 0.235. The van der Waals surface area contributed by atoms with Crippen molar-refractivity contribution in [1.82, 2.24) is 0 Å². The van der Waals surface area contributed by atoms with Gasteiger partial charge in [0.1, 0.15) is 6.29 Å². The second-order valence-corrected chi connectivity index (χ2v) is 4.01. The largest absolute Gasteiger partial charge is 0.302 e. The average Bonchev–Trinajstić information content (AvgIpc) is 2.35. The number of unbranched alkanes of at least 4 members (excludes halogenated alkanes) is 6. The molecule has 0 fully saturated rings. The third kappa shape index (κ3) is 14.7. The van der Waals surface area contributed by atoms with Crippen LogP contribution in [-0.4, -0.2) is 6.29 Å². The first-order valence-electron chi connectivity index (χ1n) is 6.57. The topological polar surface area (TPSA) is 17.1 Å². The first kappa shape index (κ1) is 15.7. The molecule has 0 atom stereocenters. The van der Waals surface area contributed by atoms with E-state index in [1.807, 2.05) is 6.08 Å². The second kappa shape index (κ2) is 14.7. The molecular formula is C16H24O. The van der Waals surface area contributed by atoms with E-state index in [0.29, 0.717) is 6.42 Å². The van der Waals surface area contributed by atoms with E-state index >= 15 is 0 Å². The van der Waals surface area contributed by atoms with Gasteiger partial charge in [-0.2, -0.15) is 0 Å². The van der Waals surface area contributed by atoms with Crippen LogP contribution in [0.4, 0.5) is 0 Å². The number of hydrogen-bond acceptors (Lipinski definition) is 1. The lowest BCUT2D eigenvalue weighted by molar-refractivity contribution is -0.107. The van der Waals surface area contributed by atoms with E-state index in [1.165, 1.54) is 25.7 Å². The van der Waals surface area contributed by atoms with Gasteiger partial charge in [-0.3, -0.25) is 0 Å². The maximum Gasteiger partial charge on any atom is 0.131 e. The van der Waals surface area contributed by atoms with Gasteiger partial charge in [-0.15, -0.1) is 12.5 Å². The number of aldehydes is 1. The summed E-state index contributed by atoms with van der Waals surface area (Å²) >= 11 is 0. The molecule has 0 amide bonds. The van der Waals surface area contributed by atoms with Gasteiger partial charge in [-0.25, -0.2) is 0 Å². The van der Waals surface area contributed by atoms with Gasteiger partial charge in [0.2, 0.25) is 0 Å². The predicted molar refractivity (Wildman–Crippen MR) is 74.7 cm³/mol. The summed E-state index contributed by atoms with van der Waals surface area (Å²) in [6, 6.07) is 0. The molecule has 0 aliphatic heterocycles. The molecule has 0 rings (SSSR count). The molecule has 0 aromatic heterocycles. The van der Waals surface area contributed by atoms with E-state index in [0.717, 1.165) is 32.0 Å². The van der Waals surface area contributed by atoms with Gasteiger partial charge in [0.25, 0.3) is 0 Å². The van der Waals surface area contributed by atoms with Crippen LogP contribution in [0, 0.1) is 11.8 Å². The number of hydrogen-bond donors (Lipinski definition) is 0. The zero-order chi connectivity index (χ0) is 12.6. The fourth-order valence-corrected chi connectivity index (χ4v) is 1.48. The summed E-state index contributed by atoms with van der Waals surface area (Å²) in [5, 5.41) is 0. The van der Waals surface area contributed by atoms with Gasteiger partial charge in [0.05, 0.1) is 6.42 Å². The molecule has 0 aromatic carbocycles. The molecule has 0 unspecified atom stereocenters. The van der Waals surface area contributed by atoms with Crippen molar-refractivity contribution in [3.8, 4) is 11.8 Å². The lowest BCUT2D eigenvalue weighted by atomic mass is 10.1. The van der Waals surface area contributed by atoms with Gasteiger partial charge in [-0.1, -0.05) is 37.0 Å². The maximum atomic E-state index is 9.99. The highest BCUT2D eigenvalue weighted by atomic mass is 16.1. The smallest absolute Gasteiger partial charge is 0.131 e. The Bertz CT molecular complexity index is 265. The van der Waals surface area contributed by atoms with Gasteiger partial charge in [0, 0.05) is 6.42 Å². The third-order valence-corrected chi connectivity index (χ3v) is 2.44. The monoisotopic (exact) mass is 232 g/mol. The molecule has 0 heterocycles. The molecule has 1 heteroatoms. The summed E-state index contributed by atoms with van der Waals surface area (Å²) in [7, 11) is 0. The Hall–Kier alpha value is -1.29. The van der Waals surface area contributed by atoms with Crippen molar-refractivity contribution in [1.29, 1.82) is 0 Å². The zero-order valence-corrected chi connectivity index (χ0v) is 10.8. The van der Waals surface area contributed by atoms with E-state index in [-0.39, 0.29) is 0 Å². The molecule has 0 aromatic rings. The molecule has 0 spiro atoms. The predicted octanol–water partition coefficient (Wildman–Crippen LogP) is 4.44. The summed E-state index contributed by atoms with van der Waals surface area (Å²) in [5.41, 5.74) is 0. The molecule has 0 radical (unpaired) electrons. The van der Waals surface area contributed by atoms with Crippen LogP contribution in [0.25, 0.3) is 0 Å². The van der Waals surface area contributed by atoms with Crippen LogP contribution >= 0.6 is 0 Å². The van der Waals surface area contributed by atoms with Crippen LogP contribution in [0.2, 0.25) is 0 Å². The van der Waals surface area contributed by atoms with Crippen molar-refractivity contribution in [3.63, 3.8) is 0 Å². The molecular weight excluding hydrogens is 208 g/mol. The Kier molecular flexibility index (Phi) is 13.6. The van der Waals surface area contributed by atoms with Crippen molar-refractivity contribution >= 4 is 6.29 Å². The van der Waals surface area contributed by atoms with Crippen molar-refractivity contribution in [2.75, 3.05) is 0 Å². The molecule has 17 heavy (non-hydrogen) atoms. The van der Waals surface area contributed by atoms with Crippen LogP contribution in [0.1, 0.15) is 57.8 Å². The Morgan fingerprint density at radius 3 is 2.41 bits per heavy atom. The Labute approximate surface area is 106 Å². The second-order valence-electron chi connectivity index (χ2n) is 4.01. The number of allylic oxidation sites excluding steroid dienone is 3. The van der Waals surface area contributed by atoms with Crippen LogP contribution in [0.15, 0.2) is 24.8 Å². The highest BCUT2D eigenvalue weighted by molar-refractivity contribution is 5.53. The van der Waals surface area contributed by atoms with Gasteiger partial charge >= 0.3 is 0 Å². The van der Waals surface area contributed by atoms with Crippen LogP contribution < -0.4 is 0 Å². The summed E-state index contributed by atoms with van der Waals surface area (Å²) in [6.07, 6.45) is 17.0. The van der Waals surface area contributed by atoms with E-state index in [1.54, 1.807) is 0 Å². The highest BCUT2D eigenvalue weighted by Crippen LogP contribution is 2.06. The van der Waals surface area contributed by atoms with Gasteiger partial charge in [-0.05, 0) is 32.1 Å². The van der Waals surface area contributed by atoms with E-state index < -0.39 is 0 Å². The molecule has 94 valence electrons. The first-order chi connectivity index (χ1) is 8.41. The Balaban J connectivity index is 3.13. The standard InChI is InChI=1S/C16H24O/c1-2-3-4-5-6-7-8-9-10-11-12-13-14-15-16-17/h2,5-6,16H,1,3-4,7-12,15H2/b6-5+. The lowest BCUT2D eigenvalue weighted by Gasteiger charge is -1.95. The zero-order valence-electron chi connectivity index (χ0n) is 10.8. The summed E-state index contributed by atoms with van der Waals surface area (Å²) in [6.45, 7) is 3.69. The number of rotatable bonds is 10. The van der Waals surface area contributed by atoms with Gasteiger partial charge in [0.15, 0.2) is 0 Å². The summed E-state index contributed by atoms with van der Waals surface area (Å²) < 4.78 is 0. The lowest BCUT2D eigenvalue weighted by Crippen LogP contribution is -1.77. The molecule has 1 nitrogen and oxygen atoms in total. The SMILES string of the molecule is C=CCC/C=C/CCCCCCC#CCC=O. The average molecular weight is 232 g/mol. The van der Waals surface area contributed by atoms with Crippen molar-refractivity contribution in [3.05, 3.63) is 24.8 Å². The number of carbonyl (C=O) groups excluding carboxylic acids is 1. The van der Waals surface area contributed by atoms with Crippen LogP contribution in [-0.2, 0) is 4.79 Å². The molecule has 0 saturated heterocycles. The molecule has 0 saturated carbocycles. The minimum absolute atomic E-state index is 0.384. The number of carbonyl (C=O) groups is 1. The van der Waals surface area contributed by atoms with E-state index in [4.69, 9.17) is 0 Å². The van der Waals surface area contributed by atoms with Crippen molar-refractivity contribution in [2.24, 2.45) is 0 Å². The van der Waals surface area contributed by atoms with Gasteiger partial charge < -0.3 is 4.79 Å². The summed E-state index contributed by atoms with van der Waals surface area (Å²) in [4.78, 5) is 9.99. The highest BCUT2D eigenvalue weighted by Gasteiger charge is 1.87. The molecule has 0 aliphatic rings. The minimum Gasteiger partial charge on any atom is -0.302 e. The minimum atomic E-state index is 0.384.